The molecule has 0 saturated heterocycles. The fourth-order valence-electron chi connectivity index (χ4n) is 2.18. The van der Waals surface area contributed by atoms with Gasteiger partial charge < -0.3 is 5.11 Å². The van der Waals surface area contributed by atoms with Crippen LogP contribution in [0.15, 0.2) is 0 Å². The molecule has 0 spiro atoms. The molecule has 2 rings (SSSR count). The van der Waals surface area contributed by atoms with Gasteiger partial charge in [-0.25, -0.2) is 8.78 Å². The Morgan fingerprint density at radius 1 is 1.61 bits per heavy atom. The van der Waals surface area contributed by atoms with Crippen LogP contribution < -0.4 is 0 Å². The van der Waals surface area contributed by atoms with Crippen LogP contribution in [0, 0.1) is 5.92 Å². The first-order chi connectivity index (χ1) is 8.25. The smallest absolute Gasteiger partial charge is 0.325 e. The van der Waals surface area contributed by atoms with Crippen molar-refractivity contribution in [1.29, 1.82) is 0 Å². The van der Waals surface area contributed by atoms with Gasteiger partial charge in [-0.15, -0.1) is 0 Å². The maximum absolute atomic E-state index is 13.8. The second kappa shape index (κ2) is 3.96. The van der Waals surface area contributed by atoms with E-state index in [2.05, 4.69) is 5.10 Å². The van der Waals surface area contributed by atoms with E-state index in [1.165, 1.54) is 6.92 Å². The first-order valence-electron chi connectivity index (χ1n) is 5.23. The van der Waals surface area contributed by atoms with Crippen molar-refractivity contribution < 1.29 is 27.5 Å². The third-order valence-corrected chi connectivity index (χ3v) is 3.02. The number of rotatable bonds is 3. The number of alkyl halides is 4. The van der Waals surface area contributed by atoms with Crippen molar-refractivity contribution >= 4 is 5.97 Å². The molecule has 1 aromatic rings. The zero-order valence-electron chi connectivity index (χ0n) is 9.33. The molecule has 1 aliphatic carbocycles. The fraction of sp³-hybridized carbons (Fsp3) is 0.600. The molecule has 8 heteroatoms. The van der Waals surface area contributed by atoms with Gasteiger partial charge >= 0.3 is 5.97 Å². The summed E-state index contributed by atoms with van der Waals surface area (Å²) in [5, 5.41) is 11.9. The van der Waals surface area contributed by atoms with Crippen molar-refractivity contribution in [2.75, 3.05) is 0 Å². The Labute approximate surface area is 99.2 Å². The van der Waals surface area contributed by atoms with Gasteiger partial charge in [0.05, 0.1) is 0 Å². The number of hydrogen-bond acceptors (Lipinski definition) is 2. The molecule has 0 radical (unpaired) electrons. The van der Waals surface area contributed by atoms with Gasteiger partial charge in [-0.05, 0) is 6.42 Å². The third kappa shape index (κ3) is 1.75. The fourth-order valence-corrected chi connectivity index (χ4v) is 2.18. The molecular formula is C10H10F4N2O2. The zero-order chi connectivity index (χ0) is 13.7. The molecule has 0 aliphatic heterocycles. The summed E-state index contributed by atoms with van der Waals surface area (Å²) in [7, 11) is 0. The van der Waals surface area contributed by atoms with Crippen molar-refractivity contribution in [3.8, 4) is 0 Å². The van der Waals surface area contributed by atoms with Crippen LogP contribution in [0.25, 0.3) is 0 Å². The first kappa shape index (κ1) is 12.8. The molecule has 100 valence electrons. The maximum atomic E-state index is 13.8. The van der Waals surface area contributed by atoms with Crippen molar-refractivity contribution in [3.05, 3.63) is 17.0 Å². The Kier molecular flexibility index (Phi) is 2.83. The molecule has 1 aromatic heterocycles. The number of carbonyl (C=O) groups is 1. The summed E-state index contributed by atoms with van der Waals surface area (Å²) in [6.07, 6.45) is -3.21. The van der Waals surface area contributed by atoms with Gasteiger partial charge in [0.25, 0.3) is 12.3 Å². The lowest BCUT2D eigenvalue weighted by Gasteiger charge is -2.17. The largest absolute Gasteiger partial charge is 0.480 e. The molecule has 0 amide bonds. The van der Waals surface area contributed by atoms with Crippen LogP contribution in [0.3, 0.4) is 0 Å². The Bertz CT molecular complexity index is 498. The Morgan fingerprint density at radius 2 is 2.22 bits per heavy atom. The van der Waals surface area contributed by atoms with E-state index in [-0.39, 0.29) is 12.0 Å². The van der Waals surface area contributed by atoms with Gasteiger partial charge in [-0.1, -0.05) is 6.92 Å². The molecule has 0 fully saturated rings. The topological polar surface area (TPSA) is 55.1 Å². The van der Waals surface area contributed by atoms with E-state index in [9.17, 15) is 22.4 Å². The summed E-state index contributed by atoms with van der Waals surface area (Å²) in [6, 6.07) is 0. The summed E-state index contributed by atoms with van der Waals surface area (Å²) >= 11 is 0. The van der Waals surface area contributed by atoms with E-state index in [1.54, 1.807) is 0 Å². The number of halogens is 4. The summed E-state index contributed by atoms with van der Waals surface area (Å²) in [5.74, 6) is -5.87. The van der Waals surface area contributed by atoms with Crippen LogP contribution in [0.5, 0.6) is 0 Å². The lowest BCUT2D eigenvalue weighted by atomic mass is 10.1. The van der Waals surface area contributed by atoms with Gasteiger partial charge in [0.15, 0.2) is 0 Å². The molecule has 0 bridgehead atoms. The number of aromatic nitrogens is 2. The van der Waals surface area contributed by atoms with Gasteiger partial charge in [-0.3, -0.25) is 9.48 Å². The lowest BCUT2D eigenvalue weighted by molar-refractivity contribution is -0.138. The minimum absolute atomic E-state index is 0.219. The summed E-state index contributed by atoms with van der Waals surface area (Å²) < 4.78 is 53.5. The average molecular weight is 266 g/mol. The predicted molar refractivity (Wildman–Crippen MR) is 51.6 cm³/mol. The number of aliphatic carboxylic acids is 1. The van der Waals surface area contributed by atoms with Crippen LogP contribution in [0.4, 0.5) is 17.6 Å². The minimum atomic E-state index is -3.33. The standard InChI is InChI=1S/C10H10F4N2O2/c1-4-2-5-7(9(11)12)15-16(3-6(17)18)8(5)10(4,13)14/h4,9H,2-3H2,1H3,(H,17,18)/t4-/m1/s1. The van der Waals surface area contributed by atoms with Crippen LogP contribution >= 0.6 is 0 Å². The Balaban J connectivity index is 2.58. The Morgan fingerprint density at radius 3 is 2.72 bits per heavy atom. The summed E-state index contributed by atoms with van der Waals surface area (Å²) in [6.45, 7) is 0.387. The molecule has 1 heterocycles. The van der Waals surface area contributed by atoms with E-state index in [0.29, 0.717) is 4.68 Å². The maximum Gasteiger partial charge on any atom is 0.325 e. The van der Waals surface area contributed by atoms with Gasteiger partial charge in [0, 0.05) is 11.5 Å². The number of carboxylic acids is 1. The van der Waals surface area contributed by atoms with E-state index >= 15 is 0 Å². The quantitative estimate of drug-likeness (QED) is 0.853. The number of carboxylic acid groups (broad SMARTS) is 1. The highest BCUT2D eigenvalue weighted by Gasteiger charge is 2.51. The minimum Gasteiger partial charge on any atom is -0.480 e. The number of nitrogens with zero attached hydrogens (tertiary/aromatic N) is 2. The molecule has 18 heavy (non-hydrogen) atoms. The van der Waals surface area contributed by atoms with E-state index < -0.39 is 42.2 Å². The SMILES string of the molecule is C[C@@H]1Cc2c(C(F)F)nn(CC(=O)O)c2C1(F)F. The lowest BCUT2D eigenvalue weighted by Crippen LogP contribution is -2.24. The number of fused-ring (bicyclic) bond motifs is 1. The van der Waals surface area contributed by atoms with Crippen LogP contribution in [-0.2, 0) is 23.7 Å². The van der Waals surface area contributed by atoms with Crippen LogP contribution in [-0.4, -0.2) is 20.9 Å². The van der Waals surface area contributed by atoms with Crippen molar-refractivity contribution in [1.82, 2.24) is 9.78 Å². The molecule has 0 aromatic carbocycles. The molecular weight excluding hydrogens is 256 g/mol. The van der Waals surface area contributed by atoms with Gasteiger partial charge in [-0.2, -0.15) is 13.9 Å². The van der Waals surface area contributed by atoms with E-state index in [1.807, 2.05) is 0 Å². The summed E-state index contributed by atoms with van der Waals surface area (Å²) in [5.41, 5.74) is -1.65. The van der Waals surface area contributed by atoms with E-state index in [0.717, 1.165) is 0 Å². The Hall–Kier alpha value is -1.60. The zero-order valence-corrected chi connectivity index (χ0v) is 9.33. The van der Waals surface area contributed by atoms with Crippen molar-refractivity contribution in [3.63, 3.8) is 0 Å². The van der Waals surface area contributed by atoms with Gasteiger partial charge in [0.1, 0.15) is 17.9 Å². The molecule has 0 unspecified atom stereocenters. The van der Waals surface area contributed by atoms with Crippen LogP contribution in [0.1, 0.15) is 30.3 Å². The highest BCUT2D eigenvalue weighted by atomic mass is 19.3. The summed E-state index contributed by atoms with van der Waals surface area (Å²) in [4.78, 5) is 10.5. The van der Waals surface area contributed by atoms with Crippen LogP contribution in [0.2, 0.25) is 0 Å². The molecule has 4 nitrogen and oxygen atoms in total. The molecule has 1 N–H and O–H groups in total. The number of hydrogen-bond donors (Lipinski definition) is 1. The molecule has 1 aliphatic rings. The second-order valence-electron chi connectivity index (χ2n) is 4.29. The third-order valence-electron chi connectivity index (χ3n) is 3.02. The monoisotopic (exact) mass is 266 g/mol. The average Bonchev–Trinajstić information content (AvgIpc) is 2.65. The van der Waals surface area contributed by atoms with Crippen molar-refractivity contribution in [2.45, 2.75) is 32.2 Å². The highest BCUT2D eigenvalue weighted by Crippen LogP contribution is 2.48. The van der Waals surface area contributed by atoms with Crippen molar-refractivity contribution in [2.24, 2.45) is 5.92 Å². The van der Waals surface area contributed by atoms with E-state index in [4.69, 9.17) is 5.11 Å². The van der Waals surface area contributed by atoms with Gasteiger partial charge in [0.2, 0.25) is 0 Å². The predicted octanol–water partition coefficient (Wildman–Crippen LogP) is 2.19. The first-order valence-corrected chi connectivity index (χ1v) is 5.23. The normalized spacial score (nSPS) is 21.3. The molecule has 0 saturated carbocycles. The second-order valence-corrected chi connectivity index (χ2v) is 4.29. The molecule has 1 atom stereocenters. The highest BCUT2D eigenvalue weighted by molar-refractivity contribution is 5.66.